The van der Waals surface area contributed by atoms with E-state index < -0.39 is 6.09 Å². The summed E-state index contributed by atoms with van der Waals surface area (Å²) in [4.78, 5) is 10.8. The van der Waals surface area contributed by atoms with E-state index in [1.165, 1.54) is 11.1 Å². The van der Waals surface area contributed by atoms with Gasteiger partial charge in [-0.05, 0) is 22.3 Å². The first-order valence-electron chi connectivity index (χ1n) is 10.0. The molecule has 0 heterocycles. The second kappa shape index (κ2) is 11.6. The van der Waals surface area contributed by atoms with E-state index in [1.807, 2.05) is 97.1 Å². The molecule has 0 atom stereocenters. The quantitative estimate of drug-likeness (QED) is 0.309. The molecular formula is C27H25NO2S. The van der Waals surface area contributed by atoms with Gasteiger partial charge >= 0.3 is 6.09 Å². The number of hydrogen-bond donors (Lipinski definition) is 3. The SMILES string of the molecule is O=C(O)NC(c1ccccc1)c1ccccc1.SC(c1ccccc1)c1ccccc1. The van der Waals surface area contributed by atoms with Crippen molar-refractivity contribution < 1.29 is 9.90 Å². The standard InChI is InChI=1S/C14H13NO2.C13H12S/c16-14(17)15-13(11-7-3-1-4-8-11)12-9-5-2-6-10-12;14-13(11-7-3-1-4-8-11)12-9-5-2-6-10-12/h1-10,13,15H,(H,16,17);1-10,13-14H. The van der Waals surface area contributed by atoms with Gasteiger partial charge < -0.3 is 10.4 Å². The maximum atomic E-state index is 10.8. The predicted molar refractivity (Wildman–Crippen MR) is 130 cm³/mol. The summed E-state index contributed by atoms with van der Waals surface area (Å²) in [7, 11) is 0. The monoisotopic (exact) mass is 427 g/mol. The molecule has 31 heavy (non-hydrogen) atoms. The summed E-state index contributed by atoms with van der Waals surface area (Å²) in [6.07, 6.45) is -1.03. The minimum Gasteiger partial charge on any atom is -0.465 e. The molecule has 0 spiro atoms. The van der Waals surface area contributed by atoms with Crippen LogP contribution in [0.5, 0.6) is 0 Å². The van der Waals surface area contributed by atoms with Crippen LogP contribution in [0.15, 0.2) is 121 Å². The van der Waals surface area contributed by atoms with Crippen molar-refractivity contribution in [2.75, 3.05) is 0 Å². The third-order valence-corrected chi connectivity index (χ3v) is 5.36. The summed E-state index contributed by atoms with van der Waals surface area (Å²) in [5.41, 5.74) is 4.34. The lowest BCUT2D eigenvalue weighted by molar-refractivity contribution is 0.191. The van der Waals surface area contributed by atoms with Gasteiger partial charge in [-0.25, -0.2) is 4.79 Å². The molecule has 2 N–H and O–H groups in total. The summed E-state index contributed by atoms with van der Waals surface area (Å²) in [5, 5.41) is 11.6. The van der Waals surface area contributed by atoms with E-state index in [-0.39, 0.29) is 11.3 Å². The van der Waals surface area contributed by atoms with E-state index in [9.17, 15) is 4.79 Å². The first kappa shape index (κ1) is 22.2. The lowest BCUT2D eigenvalue weighted by Crippen LogP contribution is -2.27. The highest BCUT2D eigenvalue weighted by atomic mass is 32.1. The van der Waals surface area contributed by atoms with Crippen molar-refractivity contribution >= 4 is 18.7 Å². The highest BCUT2D eigenvalue weighted by Gasteiger charge is 2.15. The van der Waals surface area contributed by atoms with Gasteiger partial charge in [-0.2, -0.15) is 12.6 Å². The summed E-state index contributed by atoms with van der Waals surface area (Å²) < 4.78 is 0. The number of benzene rings is 4. The van der Waals surface area contributed by atoms with E-state index in [1.54, 1.807) is 0 Å². The average molecular weight is 428 g/mol. The molecule has 4 aromatic carbocycles. The normalized spacial score (nSPS) is 10.3. The molecule has 0 fully saturated rings. The molecule has 4 rings (SSSR count). The Morgan fingerprint density at radius 3 is 1.16 bits per heavy atom. The van der Waals surface area contributed by atoms with Crippen LogP contribution in [0.4, 0.5) is 4.79 Å². The topological polar surface area (TPSA) is 49.3 Å². The van der Waals surface area contributed by atoms with Crippen LogP contribution in [0.2, 0.25) is 0 Å². The van der Waals surface area contributed by atoms with Gasteiger partial charge in [0.05, 0.1) is 11.3 Å². The molecule has 0 saturated carbocycles. The molecule has 0 unspecified atom stereocenters. The Morgan fingerprint density at radius 2 is 0.871 bits per heavy atom. The van der Waals surface area contributed by atoms with E-state index in [2.05, 4.69) is 42.2 Å². The summed E-state index contributed by atoms with van der Waals surface area (Å²) >= 11 is 4.61. The van der Waals surface area contributed by atoms with E-state index >= 15 is 0 Å². The van der Waals surface area contributed by atoms with E-state index in [0.717, 1.165) is 11.1 Å². The minimum atomic E-state index is -1.03. The van der Waals surface area contributed by atoms with Crippen LogP contribution in [0.25, 0.3) is 0 Å². The number of rotatable bonds is 5. The van der Waals surface area contributed by atoms with Crippen molar-refractivity contribution in [3.05, 3.63) is 144 Å². The van der Waals surface area contributed by atoms with Gasteiger partial charge in [0, 0.05) is 0 Å². The Labute approximate surface area is 188 Å². The van der Waals surface area contributed by atoms with Crippen LogP contribution in [-0.2, 0) is 0 Å². The number of amides is 1. The summed E-state index contributed by atoms with van der Waals surface area (Å²) in [6, 6.07) is 39.4. The molecule has 0 bridgehead atoms. The van der Waals surface area contributed by atoms with Gasteiger partial charge in [-0.1, -0.05) is 121 Å². The second-order valence-electron chi connectivity index (χ2n) is 6.93. The third-order valence-electron chi connectivity index (χ3n) is 4.76. The lowest BCUT2D eigenvalue weighted by atomic mass is 9.99. The van der Waals surface area contributed by atoms with Gasteiger partial charge in [0.2, 0.25) is 0 Å². The van der Waals surface area contributed by atoms with Crippen molar-refractivity contribution in [2.45, 2.75) is 11.3 Å². The second-order valence-corrected chi connectivity index (χ2v) is 7.44. The van der Waals surface area contributed by atoms with Crippen LogP contribution in [-0.4, -0.2) is 11.2 Å². The highest BCUT2D eigenvalue weighted by Crippen LogP contribution is 2.27. The molecular weight excluding hydrogens is 402 g/mol. The minimum absolute atomic E-state index is 0.178. The van der Waals surface area contributed by atoms with Crippen LogP contribution in [0.1, 0.15) is 33.5 Å². The Hall–Kier alpha value is -3.50. The molecule has 156 valence electrons. The fraction of sp³-hybridized carbons (Fsp3) is 0.0741. The summed E-state index contributed by atoms with van der Waals surface area (Å²) in [5.74, 6) is 0. The fourth-order valence-corrected chi connectivity index (χ4v) is 3.58. The Bertz CT molecular complexity index is 963. The zero-order valence-corrected chi connectivity index (χ0v) is 17.9. The molecule has 0 aliphatic heterocycles. The first-order chi connectivity index (χ1) is 15.1. The number of carboxylic acid groups (broad SMARTS) is 1. The van der Waals surface area contributed by atoms with Crippen LogP contribution in [0.3, 0.4) is 0 Å². The molecule has 0 aliphatic rings. The lowest BCUT2D eigenvalue weighted by Gasteiger charge is -2.17. The molecule has 0 saturated heterocycles. The van der Waals surface area contributed by atoms with Gasteiger partial charge in [0.1, 0.15) is 0 Å². The Balaban J connectivity index is 0.000000179. The van der Waals surface area contributed by atoms with Crippen LogP contribution < -0.4 is 5.32 Å². The predicted octanol–water partition coefficient (Wildman–Crippen LogP) is 6.75. The first-order valence-corrected chi connectivity index (χ1v) is 10.5. The molecule has 4 heteroatoms. The number of carbonyl (C=O) groups is 1. The van der Waals surface area contributed by atoms with Gasteiger partial charge in [-0.3, -0.25) is 0 Å². The zero-order chi connectivity index (χ0) is 21.9. The Kier molecular flexibility index (Phi) is 8.32. The molecule has 3 nitrogen and oxygen atoms in total. The van der Waals surface area contributed by atoms with Crippen LogP contribution >= 0.6 is 12.6 Å². The van der Waals surface area contributed by atoms with E-state index in [4.69, 9.17) is 5.11 Å². The van der Waals surface area contributed by atoms with Crippen molar-refractivity contribution in [2.24, 2.45) is 0 Å². The molecule has 0 radical (unpaired) electrons. The largest absolute Gasteiger partial charge is 0.465 e. The van der Waals surface area contributed by atoms with Crippen molar-refractivity contribution in [3.8, 4) is 0 Å². The third kappa shape index (κ3) is 6.76. The van der Waals surface area contributed by atoms with Gasteiger partial charge in [0.25, 0.3) is 0 Å². The maximum Gasteiger partial charge on any atom is 0.405 e. The number of nitrogens with one attached hydrogen (secondary N) is 1. The van der Waals surface area contributed by atoms with Crippen molar-refractivity contribution in [1.29, 1.82) is 0 Å². The average Bonchev–Trinajstić information content (AvgIpc) is 2.84. The van der Waals surface area contributed by atoms with Crippen molar-refractivity contribution in [3.63, 3.8) is 0 Å². The Morgan fingerprint density at radius 1 is 0.581 bits per heavy atom. The number of thiol groups is 1. The van der Waals surface area contributed by atoms with E-state index in [0.29, 0.717) is 0 Å². The smallest absolute Gasteiger partial charge is 0.405 e. The highest BCUT2D eigenvalue weighted by molar-refractivity contribution is 7.80. The summed E-state index contributed by atoms with van der Waals surface area (Å²) in [6.45, 7) is 0. The number of hydrogen-bond acceptors (Lipinski definition) is 2. The zero-order valence-electron chi connectivity index (χ0n) is 17.0. The van der Waals surface area contributed by atoms with Gasteiger partial charge in [-0.15, -0.1) is 0 Å². The molecule has 0 aromatic heterocycles. The molecule has 0 aliphatic carbocycles. The maximum absolute atomic E-state index is 10.8. The van der Waals surface area contributed by atoms with Crippen LogP contribution in [0, 0.1) is 0 Å². The fourth-order valence-electron chi connectivity index (χ4n) is 3.24. The molecule has 4 aromatic rings. The molecule has 1 amide bonds. The van der Waals surface area contributed by atoms with Gasteiger partial charge in [0.15, 0.2) is 0 Å². The van der Waals surface area contributed by atoms with Crippen molar-refractivity contribution in [1.82, 2.24) is 5.32 Å².